The highest BCUT2D eigenvalue weighted by Gasteiger charge is 2.49. The maximum atomic E-state index is 12.6. The van der Waals surface area contributed by atoms with Gasteiger partial charge in [-0.1, -0.05) is 5.21 Å². The Hall–Kier alpha value is -1.76. The third-order valence-corrected chi connectivity index (χ3v) is 3.62. The first-order valence-electron chi connectivity index (χ1n) is 7.15. The van der Waals surface area contributed by atoms with Gasteiger partial charge in [0.1, 0.15) is 5.92 Å². The van der Waals surface area contributed by atoms with Crippen LogP contribution in [-0.2, 0) is 21.4 Å². The zero-order valence-electron chi connectivity index (χ0n) is 12.9. The number of hydrogen-bond donors (Lipinski definition) is 0. The Kier molecular flexibility index (Phi) is 4.72. The molecule has 1 aromatic rings. The van der Waals surface area contributed by atoms with E-state index in [9.17, 15) is 9.59 Å². The van der Waals surface area contributed by atoms with Crippen LogP contribution in [0, 0.1) is 11.8 Å². The van der Waals surface area contributed by atoms with Crippen molar-refractivity contribution in [3.63, 3.8) is 0 Å². The molecule has 1 aliphatic rings. The molecule has 2 rings (SSSR count). The average Bonchev–Trinajstić information content (AvgIpc) is 3.10. The second-order valence-corrected chi connectivity index (χ2v) is 5.74. The molecule has 3 atom stereocenters. The molecule has 0 bridgehead atoms. The van der Waals surface area contributed by atoms with E-state index in [0.29, 0.717) is 6.54 Å². The fraction of sp³-hybridized carbons (Fsp3) is 0.714. The van der Waals surface area contributed by atoms with Gasteiger partial charge < -0.3 is 9.64 Å². The van der Waals surface area contributed by atoms with Gasteiger partial charge in [-0.2, -0.15) is 0 Å². The van der Waals surface area contributed by atoms with Gasteiger partial charge in [0.15, 0.2) is 5.78 Å². The van der Waals surface area contributed by atoms with Crippen LogP contribution in [0.4, 0.5) is 0 Å². The summed E-state index contributed by atoms with van der Waals surface area (Å²) in [5.41, 5.74) is 0.823. The molecule has 0 saturated heterocycles. The number of rotatable bonds is 7. The highest BCUT2D eigenvalue weighted by Crippen LogP contribution is 2.48. The van der Waals surface area contributed by atoms with Gasteiger partial charge in [0.2, 0.25) is 0 Å². The predicted molar refractivity (Wildman–Crippen MR) is 75.5 cm³/mol. The molecule has 0 radical (unpaired) electrons. The molecule has 7 heteroatoms. The number of ether oxygens (including phenoxy) is 1. The highest BCUT2D eigenvalue weighted by molar-refractivity contribution is 6.02. The molecule has 7 nitrogen and oxygen atoms in total. The van der Waals surface area contributed by atoms with Crippen molar-refractivity contribution < 1.29 is 14.3 Å². The Bertz CT molecular complexity index is 526. The monoisotopic (exact) mass is 294 g/mol. The number of aromatic nitrogens is 3. The number of esters is 1. The summed E-state index contributed by atoms with van der Waals surface area (Å²) in [5, 5.41) is 7.93. The Labute approximate surface area is 124 Å². The van der Waals surface area contributed by atoms with Gasteiger partial charge in [0.05, 0.1) is 12.3 Å². The van der Waals surface area contributed by atoms with Crippen LogP contribution in [0.3, 0.4) is 0 Å². The molecule has 0 N–H and O–H groups in total. The smallest absolute Gasteiger partial charge is 0.317 e. The maximum absolute atomic E-state index is 12.6. The van der Waals surface area contributed by atoms with Crippen LogP contribution in [0.1, 0.15) is 25.0 Å². The normalized spacial score (nSPS) is 22.1. The van der Waals surface area contributed by atoms with Crippen molar-refractivity contribution in [2.75, 3.05) is 27.2 Å². The first kappa shape index (κ1) is 15.6. The minimum absolute atomic E-state index is 0.0437. The zero-order chi connectivity index (χ0) is 15.6. The SMILES string of the molecule is CCOC(=O)C(CN(C)C)C(=O)[C@H]1C[C@@H]1c1cn(C)nn1. The minimum atomic E-state index is -0.716. The van der Waals surface area contributed by atoms with E-state index < -0.39 is 11.9 Å². The van der Waals surface area contributed by atoms with Gasteiger partial charge in [-0.05, 0) is 27.4 Å². The van der Waals surface area contributed by atoms with Crippen molar-refractivity contribution in [2.24, 2.45) is 18.9 Å². The fourth-order valence-electron chi connectivity index (χ4n) is 2.52. The Morgan fingerprint density at radius 2 is 2.24 bits per heavy atom. The van der Waals surface area contributed by atoms with E-state index in [2.05, 4.69) is 10.3 Å². The summed E-state index contributed by atoms with van der Waals surface area (Å²) in [4.78, 5) is 26.4. The van der Waals surface area contributed by atoms with E-state index >= 15 is 0 Å². The fourth-order valence-corrected chi connectivity index (χ4v) is 2.52. The van der Waals surface area contributed by atoms with E-state index in [0.717, 1.165) is 12.1 Å². The topological polar surface area (TPSA) is 77.3 Å². The van der Waals surface area contributed by atoms with Crippen molar-refractivity contribution in [3.05, 3.63) is 11.9 Å². The van der Waals surface area contributed by atoms with Crippen molar-refractivity contribution in [1.29, 1.82) is 0 Å². The number of carbonyl (C=O) groups is 2. The van der Waals surface area contributed by atoms with Gasteiger partial charge >= 0.3 is 5.97 Å². The standard InChI is InChI=1S/C14H22N4O3/c1-5-21-14(20)11(7-17(2)3)13(19)10-6-9(10)12-8-18(4)16-15-12/h8-11H,5-7H2,1-4H3/t9-,10-,11?/m0/s1. The summed E-state index contributed by atoms with van der Waals surface area (Å²) in [6.45, 7) is 2.41. The van der Waals surface area contributed by atoms with Gasteiger partial charge in [-0.3, -0.25) is 14.3 Å². The molecule has 1 heterocycles. The number of Topliss-reactive ketones (excluding diaryl/α,β-unsaturated/α-hetero) is 1. The molecule has 21 heavy (non-hydrogen) atoms. The molecule has 1 aliphatic carbocycles. The molecule has 1 unspecified atom stereocenters. The van der Waals surface area contributed by atoms with Gasteiger partial charge in [-0.15, -0.1) is 5.10 Å². The van der Waals surface area contributed by atoms with E-state index in [4.69, 9.17) is 4.74 Å². The van der Waals surface area contributed by atoms with Crippen LogP contribution >= 0.6 is 0 Å². The van der Waals surface area contributed by atoms with E-state index in [1.165, 1.54) is 0 Å². The molecule has 1 saturated carbocycles. The lowest BCUT2D eigenvalue weighted by atomic mass is 9.98. The summed E-state index contributed by atoms with van der Waals surface area (Å²) >= 11 is 0. The van der Waals surface area contributed by atoms with Crippen molar-refractivity contribution in [2.45, 2.75) is 19.3 Å². The van der Waals surface area contributed by atoms with Crippen LogP contribution in [0.15, 0.2) is 6.20 Å². The summed E-state index contributed by atoms with van der Waals surface area (Å²) < 4.78 is 6.65. The Morgan fingerprint density at radius 1 is 1.52 bits per heavy atom. The zero-order valence-corrected chi connectivity index (χ0v) is 12.9. The van der Waals surface area contributed by atoms with E-state index in [1.54, 1.807) is 18.7 Å². The van der Waals surface area contributed by atoms with E-state index in [1.807, 2.05) is 25.2 Å². The number of hydrogen-bond acceptors (Lipinski definition) is 6. The van der Waals surface area contributed by atoms with Crippen LogP contribution < -0.4 is 0 Å². The third kappa shape index (κ3) is 3.66. The largest absolute Gasteiger partial charge is 0.465 e. The molecule has 0 aliphatic heterocycles. The summed E-state index contributed by atoms with van der Waals surface area (Å²) in [6.07, 6.45) is 2.56. The molecule has 116 valence electrons. The number of nitrogens with zero attached hydrogens (tertiary/aromatic N) is 4. The van der Waals surface area contributed by atoms with Crippen molar-refractivity contribution >= 4 is 11.8 Å². The summed E-state index contributed by atoms with van der Waals surface area (Å²) in [6, 6.07) is 0. The molecule has 0 spiro atoms. The van der Waals surface area contributed by atoms with Crippen LogP contribution in [0.2, 0.25) is 0 Å². The van der Waals surface area contributed by atoms with Gasteiger partial charge in [0.25, 0.3) is 0 Å². The number of aryl methyl sites for hydroxylation is 1. The van der Waals surface area contributed by atoms with Crippen LogP contribution in [0.5, 0.6) is 0 Å². The van der Waals surface area contributed by atoms with Crippen molar-refractivity contribution in [3.8, 4) is 0 Å². The van der Waals surface area contributed by atoms with Crippen LogP contribution in [0.25, 0.3) is 0 Å². The molecule has 0 aromatic carbocycles. The Balaban J connectivity index is 2.04. The average molecular weight is 294 g/mol. The second-order valence-electron chi connectivity index (χ2n) is 5.74. The number of ketones is 1. The lowest BCUT2D eigenvalue weighted by Gasteiger charge is -2.18. The quantitative estimate of drug-likeness (QED) is 0.529. The van der Waals surface area contributed by atoms with Gasteiger partial charge in [0, 0.05) is 31.6 Å². The lowest BCUT2D eigenvalue weighted by Crippen LogP contribution is -2.36. The number of carbonyl (C=O) groups excluding carboxylic acids is 2. The molecule has 0 amide bonds. The molecule has 1 fully saturated rings. The maximum Gasteiger partial charge on any atom is 0.317 e. The highest BCUT2D eigenvalue weighted by atomic mass is 16.5. The summed E-state index contributed by atoms with van der Waals surface area (Å²) in [7, 11) is 5.47. The molecular formula is C14H22N4O3. The summed E-state index contributed by atoms with van der Waals surface area (Å²) in [5.74, 6) is -1.24. The van der Waals surface area contributed by atoms with Gasteiger partial charge in [-0.25, -0.2) is 0 Å². The second kappa shape index (κ2) is 6.34. The minimum Gasteiger partial charge on any atom is -0.465 e. The van der Waals surface area contributed by atoms with Crippen LogP contribution in [-0.4, -0.2) is 58.9 Å². The molecular weight excluding hydrogens is 272 g/mol. The van der Waals surface area contributed by atoms with E-state index in [-0.39, 0.29) is 24.2 Å². The van der Waals surface area contributed by atoms with Crippen molar-refractivity contribution in [1.82, 2.24) is 19.9 Å². The molecule has 1 aromatic heterocycles. The first-order valence-corrected chi connectivity index (χ1v) is 7.15. The first-order chi connectivity index (χ1) is 9.93. The Morgan fingerprint density at radius 3 is 2.76 bits per heavy atom. The third-order valence-electron chi connectivity index (χ3n) is 3.62. The lowest BCUT2D eigenvalue weighted by molar-refractivity contribution is -0.152. The predicted octanol–water partition coefficient (Wildman–Crippen LogP) is 0.229.